The maximum atomic E-state index is 10.5. The molecule has 1 rings (SSSR count). The van der Waals surface area contributed by atoms with E-state index in [1.165, 1.54) is 0 Å². The first kappa shape index (κ1) is 11.4. The third-order valence-corrected chi connectivity index (χ3v) is 1.72. The molecule has 0 aliphatic heterocycles. The number of hydrogen-bond donors (Lipinski definition) is 1. The van der Waals surface area contributed by atoms with Crippen molar-refractivity contribution in [3.05, 3.63) is 33.4 Å². The van der Waals surface area contributed by atoms with Gasteiger partial charge in [0.1, 0.15) is 0 Å². The number of carbonyl (C=O) groups excluding carboxylic acids is 2. The quantitative estimate of drug-likeness (QED) is 0.341. The van der Waals surface area contributed by atoms with Crippen LogP contribution < -0.4 is 0 Å². The average Bonchev–Trinajstić information content (AvgIpc) is 2.27. The number of rotatable bonds is 2. The van der Waals surface area contributed by atoms with Crippen LogP contribution in [0.2, 0.25) is 0 Å². The first-order valence-corrected chi connectivity index (χ1v) is 4.02. The largest absolute Gasteiger partial charge is 0.502 e. The minimum atomic E-state index is -0.839. The topological polar surface area (TPSA) is 97.5 Å². The van der Waals surface area contributed by atoms with E-state index in [1.807, 2.05) is 0 Å². The van der Waals surface area contributed by atoms with Gasteiger partial charge in [-0.1, -0.05) is 5.92 Å². The number of nitro groups is 1. The molecule has 0 saturated heterocycles. The lowest BCUT2D eigenvalue weighted by molar-refractivity contribution is -0.385. The van der Waals surface area contributed by atoms with Crippen molar-refractivity contribution in [1.82, 2.24) is 0 Å². The van der Waals surface area contributed by atoms with Crippen LogP contribution in [0.15, 0.2) is 12.1 Å². The molecule has 0 heterocycles. The van der Waals surface area contributed by atoms with Crippen molar-refractivity contribution < 1.29 is 19.6 Å². The normalized spacial score (nSPS) is 8.75. The van der Waals surface area contributed by atoms with E-state index in [0.29, 0.717) is 6.29 Å². The second-order valence-corrected chi connectivity index (χ2v) is 2.70. The van der Waals surface area contributed by atoms with E-state index in [4.69, 9.17) is 0 Å². The summed E-state index contributed by atoms with van der Waals surface area (Å²) in [4.78, 5) is 30.2. The number of phenols is 1. The van der Waals surface area contributed by atoms with Gasteiger partial charge in [-0.15, -0.1) is 0 Å². The summed E-state index contributed by atoms with van der Waals surface area (Å²) in [7, 11) is 0. The van der Waals surface area contributed by atoms with Gasteiger partial charge < -0.3 is 5.11 Å². The summed E-state index contributed by atoms with van der Waals surface area (Å²) in [6.45, 7) is 0. The van der Waals surface area contributed by atoms with Crippen LogP contribution in [0, 0.1) is 22.0 Å². The van der Waals surface area contributed by atoms with Crippen molar-refractivity contribution in [3.63, 3.8) is 0 Å². The van der Waals surface area contributed by atoms with Crippen LogP contribution in [0.3, 0.4) is 0 Å². The van der Waals surface area contributed by atoms with E-state index in [1.54, 1.807) is 0 Å². The molecule has 1 aromatic rings. The van der Waals surface area contributed by atoms with Gasteiger partial charge >= 0.3 is 5.69 Å². The van der Waals surface area contributed by atoms with Gasteiger partial charge in [0.05, 0.1) is 10.5 Å². The monoisotopic (exact) mass is 219 g/mol. The van der Waals surface area contributed by atoms with Crippen molar-refractivity contribution in [2.24, 2.45) is 0 Å². The molecule has 0 aliphatic rings. The average molecular weight is 219 g/mol. The maximum absolute atomic E-state index is 10.5. The summed E-state index contributed by atoms with van der Waals surface area (Å²) in [5.74, 6) is 3.64. The number of nitrogens with zero attached hydrogens (tertiary/aromatic N) is 1. The highest BCUT2D eigenvalue weighted by molar-refractivity contribution is 5.83. The lowest BCUT2D eigenvalue weighted by atomic mass is 10.1. The van der Waals surface area contributed by atoms with Crippen LogP contribution >= 0.6 is 0 Å². The molecule has 1 aromatic carbocycles. The molecule has 6 nitrogen and oxygen atoms in total. The third kappa shape index (κ3) is 2.22. The van der Waals surface area contributed by atoms with Gasteiger partial charge in [-0.2, -0.15) is 0 Å². The third-order valence-electron chi connectivity index (χ3n) is 1.72. The Labute approximate surface area is 89.7 Å². The Morgan fingerprint density at radius 1 is 1.38 bits per heavy atom. The van der Waals surface area contributed by atoms with Crippen molar-refractivity contribution in [3.8, 4) is 17.6 Å². The Morgan fingerprint density at radius 3 is 2.56 bits per heavy atom. The molecule has 0 amide bonds. The van der Waals surface area contributed by atoms with Crippen LogP contribution in [0.5, 0.6) is 5.75 Å². The number of phenolic OH excluding ortho intramolecular Hbond substituents is 1. The van der Waals surface area contributed by atoms with E-state index in [0.717, 1.165) is 12.1 Å². The lowest BCUT2D eigenvalue weighted by Crippen LogP contribution is -1.93. The van der Waals surface area contributed by atoms with Gasteiger partial charge in [0.2, 0.25) is 5.75 Å². The highest BCUT2D eigenvalue weighted by Gasteiger charge is 2.18. The SMILES string of the molecule is O=CC#Cc1cc(C=O)c(O)c([N+](=O)[O-])c1. The van der Waals surface area contributed by atoms with Crippen molar-refractivity contribution >= 4 is 18.3 Å². The van der Waals surface area contributed by atoms with Gasteiger partial charge in [0.25, 0.3) is 0 Å². The molecule has 0 radical (unpaired) electrons. The predicted molar refractivity (Wildman–Crippen MR) is 53.1 cm³/mol. The van der Waals surface area contributed by atoms with Crippen molar-refractivity contribution in [2.45, 2.75) is 0 Å². The fraction of sp³-hybridized carbons (Fsp3) is 0. The Balaban J connectivity index is 3.45. The molecule has 0 spiro atoms. The molecule has 80 valence electrons. The number of benzene rings is 1. The summed E-state index contributed by atoms with van der Waals surface area (Å²) >= 11 is 0. The standard InChI is InChI=1S/C10H5NO5/c12-3-1-2-7-4-8(6-13)10(14)9(5-7)11(15)16/h3-6,14H. The molecule has 0 atom stereocenters. The molecule has 16 heavy (non-hydrogen) atoms. The molecule has 0 bridgehead atoms. The zero-order chi connectivity index (χ0) is 12.1. The Morgan fingerprint density at radius 2 is 2.06 bits per heavy atom. The summed E-state index contributed by atoms with van der Waals surface area (Å²) in [6, 6.07) is 2.14. The van der Waals surface area contributed by atoms with Gasteiger partial charge in [-0.25, -0.2) is 0 Å². The molecular formula is C10H5NO5. The van der Waals surface area contributed by atoms with Crippen LogP contribution in [0.4, 0.5) is 5.69 Å². The van der Waals surface area contributed by atoms with E-state index in [2.05, 4.69) is 11.8 Å². The smallest absolute Gasteiger partial charge is 0.312 e. The highest BCUT2D eigenvalue weighted by Crippen LogP contribution is 2.29. The Kier molecular flexibility index (Phi) is 3.35. The number of aromatic hydroxyl groups is 1. The van der Waals surface area contributed by atoms with E-state index >= 15 is 0 Å². The molecule has 0 unspecified atom stereocenters. The number of aldehydes is 2. The predicted octanol–water partition coefficient (Wildman–Crippen LogP) is 0.663. The van der Waals surface area contributed by atoms with Gasteiger partial charge in [-0.05, 0) is 12.0 Å². The summed E-state index contributed by atoms with van der Waals surface area (Å²) in [5.41, 5.74) is -0.761. The molecule has 0 saturated carbocycles. The van der Waals surface area contributed by atoms with Crippen LogP contribution in [0.1, 0.15) is 15.9 Å². The highest BCUT2D eigenvalue weighted by atomic mass is 16.6. The molecule has 0 aromatic heterocycles. The van der Waals surface area contributed by atoms with Crippen LogP contribution in [-0.4, -0.2) is 22.6 Å². The first-order valence-electron chi connectivity index (χ1n) is 4.02. The molecule has 6 heteroatoms. The van der Waals surface area contributed by atoms with Crippen molar-refractivity contribution in [1.29, 1.82) is 0 Å². The second kappa shape index (κ2) is 4.70. The van der Waals surface area contributed by atoms with E-state index in [9.17, 15) is 24.8 Å². The van der Waals surface area contributed by atoms with Crippen LogP contribution in [0.25, 0.3) is 0 Å². The van der Waals surface area contributed by atoms with Crippen LogP contribution in [-0.2, 0) is 4.79 Å². The first-order chi connectivity index (χ1) is 7.60. The minimum absolute atomic E-state index is 0.110. The molecule has 0 aliphatic carbocycles. The lowest BCUT2D eigenvalue weighted by Gasteiger charge is -1.99. The maximum Gasteiger partial charge on any atom is 0.312 e. The van der Waals surface area contributed by atoms with Crippen molar-refractivity contribution in [2.75, 3.05) is 0 Å². The fourth-order valence-electron chi connectivity index (χ4n) is 1.06. The fourth-order valence-corrected chi connectivity index (χ4v) is 1.06. The van der Waals surface area contributed by atoms with E-state index < -0.39 is 16.4 Å². The molecular weight excluding hydrogens is 214 g/mol. The summed E-state index contributed by atoms with van der Waals surface area (Å²) < 4.78 is 0. The number of hydrogen-bond acceptors (Lipinski definition) is 5. The van der Waals surface area contributed by atoms with Gasteiger partial charge in [0, 0.05) is 11.6 Å². The second-order valence-electron chi connectivity index (χ2n) is 2.70. The minimum Gasteiger partial charge on any atom is -0.502 e. The zero-order valence-electron chi connectivity index (χ0n) is 7.84. The van der Waals surface area contributed by atoms with Gasteiger partial charge in [-0.3, -0.25) is 19.7 Å². The summed E-state index contributed by atoms with van der Waals surface area (Å²) in [5, 5.41) is 19.8. The molecule has 1 N–H and O–H groups in total. The Hall–Kier alpha value is -2.68. The summed E-state index contributed by atoms with van der Waals surface area (Å²) in [6.07, 6.45) is 0.591. The number of nitro benzene ring substituents is 1. The number of carbonyl (C=O) groups is 2. The van der Waals surface area contributed by atoms with Gasteiger partial charge in [0.15, 0.2) is 12.6 Å². The zero-order valence-corrected chi connectivity index (χ0v) is 7.84. The Bertz CT molecular complexity index is 524. The molecule has 0 fully saturated rings. The van der Waals surface area contributed by atoms with E-state index in [-0.39, 0.29) is 17.4 Å².